The van der Waals surface area contributed by atoms with Crippen LogP contribution in [0.15, 0.2) is 30.3 Å². The Balaban J connectivity index is 1.60. The summed E-state index contributed by atoms with van der Waals surface area (Å²) in [6, 6.07) is 11.9. The maximum atomic E-state index is 12.5. The van der Waals surface area contributed by atoms with Gasteiger partial charge in [0.1, 0.15) is 5.78 Å². The molecule has 0 radical (unpaired) electrons. The average molecular weight is 315 g/mol. The van der Waals surface area contributed by atoms with Crippen LogP contribution in [0.1, 0.15) is 51.0 Å². The highest BCUT2D eigenvalue weighted by Crippen LogP contribution is 2.38. The van der Waals surface area contributed by atoms with Crippen molar-refractivity contribution in [2.45, 2.75) is 64.1 Å². The summed E-state index contributed by atoms with van der Waals surface area (Å²) in [5.41, 5.74) is 1.39. The molecule has 3 rings (SSSR count). The number of carbonyl (C=O) groups is 1. The van der Waals surface area contributed by atoms with Crippen LogP contribution < -0.4 is 0 Å². The number of Topliss-reactive ketones (excluding diaryl/α,β-unsaturated/α-hetero) is 1. The highest BCUT2D eigenvalue weighted by atomic mass is 16.5. The van der Waals surface area contributed by atoms with E-state index in [1.807, 2.05) is 6.92 Å². The second-order valence-electron chi connectivity index (χ2n) is 6.98. The summed E-state index contributed by atoms with van der Waals surface area (Å²) < 4.78 is 5.36. The van der Waals surface area contributed by atoms with Gasteiger partial charge in [0.25, 0.3) is 0 Å². The lowest BCUT2D eigenvalue weighted by atomic mass is 9.76. The Morgan fingerprint density at radius 2 is 1.87 bits per heavy atom. The molecule has 2 aliphatic heterocycles. The quantitative estimate of drug-likeness (QED) is 0.717. The van der Waals surface area contributed by atoms with Crippen LogP contribution in [0.4, 0.5) is 0 Å². The van der Waals surface area contributed by atoms with Crippen molar-refractivity contribution in [2.24, 2.45) is 5.92 Å². The van der Waals surface area contributed by atoms with E-state index in [1.165, 1.54) is 24.8 Å². The Morgan fingerprint density at radius 3 is 2.52 bits per heavy atom. The number of nitrogens with zero attached hydrogens (tertiary/aromatic N) is 1. The summed E-state index contributed by atoms with van der Waals surface area (Å²) in [5.74, 6) is 0.687. The molecule has 1 aromatic carbocycles. The summed E-state index contributed by atoms with van der Waals surface area (Å²) in [6.07, 6.45) is 6.51. The van der Waals surface area contributed by atoms with Crippen LogP contribution in [0, 0.1) is 5.92 Å². The van der Waals surface area contributed by atoms with Crippen molar-refractivity contribution in [3.63, 3.8) is 0 Å². The van der Waals surface area contributed by atoms with E-state index in [2.05, 4.69) is 35.2 Å². The molecule has 0 spiro atoms. The monoisotopic (exact) mass is 315 g/mol. The minimum Gasteiger partial charge on any atom is -0.381 e. The summed E-state index contributed by atoms with van der Waals surface area (Å²) in [5, 5.41) is 0. The first-order chi connectivity index (χ1) is 11.3. The van der Waals surface area contributed by atoms with Crippen molar-refractivity contribution in [3.05, 3.63) is 35.9 Å². The number of benzene rings is 1. The maximum Gasteiger partial charge on any atom is 0.138 e. The summed E-state index contributed by atoms with van der Waals surface area (Å²) in [6.45, 7) is 4.32. The molecular weight excluding hydrogens is 286 g/mol. The molecule has 0 saturated carbocycles. The SMILES string of the molecule is CCOCCC(=O)C1CC2CCCC(C1)N2Cc1ccccc1. The van der Waals surface area contributed by atoms with Crippen LogP contribution in [0.5, 0.6) is 0 Å². The van der Waals surface area contributed by atoms with Gasteiger partial charge in [-0.25, -0.2) is 0 Å². The number of carbonyl (C=O) groups excluding carboxylic acids is 1. The zero-order valence-electron chi connectivity index (χ0n) is 14.2. The molecule has 126 valence electrons. The molecule has 0 aromatic heterocycles. The largest absolute Gasteiger partial charge is 0.381 e. The predicted molar refractivity (Wildman–Crippen MR) is 92.3 cm³/mol. The number of hydrogen-bond acceptors (Lipinski definition) is 3. The van der Waals surface area contributed by atoms with Gasteiger partial charge < -0.3 is 4.74 Å². The molecule has 1 aromatic rings. The van der Waals surface area contributed by atoms with Crippen molar-refractivity contribution in [1.29, 1.82) is 0 Å². The average Bonchev–Trinajstić information content (AvgIpc) is 2.55. The van der Waals surface area contributed by atoms with Gasteiger partial charge in [-0.15, -0.1) is 0 Å². The number of hydrogen-bond donors (Lipinski definition) is 0. The van der Waals surface area contributed by atoms with Crippen LogP contribution in [-0.2, 0) is 16.1 Å². The highest BCUT2D eigenvalue weighted by Gasteiger charge is 2.40. The van der Waals surface area contributed by atoms with Crippen LogP contribution >= 0.6 is 0 Å². The molecule has 2 fully saturated rings. The number of ether oxygens (including phenoxy) is 1. The predicted octanol–water partition coefficient (Wildman–Crippen LogP) is 3.82. The molecule has 2 aliphatic rings. The minimum absolute atomic E-state index is 0.262. The fourth-order valence-electron chi connectivity index (χ4n) is 4.32. The van der Waals surface area contributed by atoms with Gasteiger partial charge >= 0.3 is 0 Å². The van der Waals surface area contributed by atoms with E-state index >= 15 is 0 Å². The van der Waals surface area contributed by atoms with Crippen molar-refractivity contribution in [2.75, 3.05) is 13.2 Å². The van der Waals surface area contributed by atoms with Crippen LogP contribution in [0.3, 0.4) is 0 Å². The van der Waals surface area contributed by atoms with Gasteiger partial charge in [-0.2, -0.15) is 0 Å². The molecule has 2 saturated heterocycles. The van der Waals surface area contributed by atoms with Gasteiger partial charge in [0.05, 0.1) is 6.61 Å². The Labute approximate surface area is 140 Å². The molecule has 2 unspecified atom stereocenters. The van der Waals surface area contributed by atoms with Crippen LogP contribution in [0.2, 0.25) is 0 Å². The molecule has 2 atom stereocenters. The molecule has 0 aliphatic carbocycles. The highest BCUT2D eigenvalue weighted by molar-refractivity contribution is 5.81. The standard InChI is InChI=1S/C20H29NO2/c1-2-23-12-11-20(22)17-13-18-9-6-10-19(14-17)21(18)15-16-7-4-3-5-8-16/h3-5,7-8,17-19H,2,6,9-15H2,1H3. The fraction of sp³-hybridized carbons (Fsp3) is 0.650. The van der Waals surface area contributed by atoms with E-state index in [0.717, 1.165) is 19.4 Å². The molecule has 23 heavy (non-hydrogen) atoms. The first-order valence-electron chi connectivity index (χ1n) is 9.18. The number of ketones is 1. The normalized spacial score (nSPS) is 27.8. The van der Waals surface area contributed by atoms with E-state index in [4.69, 9.17) is 4.74 Å². The third-order valence-corrected chi connectivity index (χ3v) is 5.49. The summed E-state index contributed by atoms with van der Waals surface area (Å²) in [4.78, 5) is 15.1. The lowest BCUT2D eigenvalue weighted by Crippen LogP contribution is -2.52. The zero-order valence-corrected chi connectivity index (χ0v) is 14.2. The molecule has 3 heteroatoms. The summed E-state index contributed by atoms with van der Waals surface area (Å²) >= 11 is 0. The first kappa shape index (κ1) is 16.7. The van der Waals surface area contributed by atoms with Gasteiger partial charge in [-0.1, -0.05) is 36.8 Å². The van der Waals surface area contributed by atoms with Gasteiger partial charge in [-0.05, 0) is 38.2 Å². The van der Waals surface area contributed by atoms with Crippen molar-refractivity contribution < 1.29 is 9.53 Å². The Hall–Kier alpha value is -1.19. The van der Waals surface area contributed by atoms with Gasteiger partial charge in [0.2, 0.25) is 0 Å². The number of piperidine rings is 2. The smallest absolute Gasteiger partial charge is 0.138 e. The lowest BCUT2D eigenvalue weighted by Gasteiger charge is -2.48. The van der Waals surface area contributed by atoms with E-state index in [0.29, 0.717) is 37.5 Å². The van der Waals surface area contributed by atoms with Gasteiger partial charge in [0.15, 0.2) is 0 Å². The Morgan fingerprint density at radius 1 is 1.17 bits per heavy atom. The summed E-state index contributed by atoms with van der Waals surface area (Å²) in [7, 11) is 0. The zero-order chi connectivity index (χ0) is 16.1. The van der Waals surface area contributed by atoms with Crippen LogP contribution in [0.25, 0.3) is 0 Å². The number of fused-ring (bicyclic) bond motifs is 2. The molecule has 2 bridgehead atoms. The second-order valence-corrected chi connectivity index (χ2v) is 6.98. The first-order valence-corrected chi connectivity index (χ1v) is 9.18. The molecule has 2 heterocycles. The van der Waals surface area contributed by atoms with Gasteiger partial charge in [-0.3, -0.25) is 9.69 Å². The third-order valence-electron chi connectivity index (χ3n) is 5.49. The molecule has 0 N–H and O–H groups in total. The minimum atomic E-state index is 0.262. The Bertz CT molecular complexity index is 488. The van der Waals surface area contributed by atoms with E-state index < -0.39 is 0 Å². The van der Waals surface area contributed by atoms with Crippen molar-refractivity contribution in [3.8, 4) is 0 Å². The van der Waals surface area contributed by atoms with Gasteiger partial charge in [0, 0.05) is 37.6 Å². The third kappa shape index (κ3) is 4.21. The Kier molecular flexibility index (Phi) is 5.85. The van der Waals surface area contributed by atoms with E-state index in [-0.39, 0.29) is 5.92 Å². The molecule has 0 amide bonds. The fourth-order valence-corrected chi connectivity index (χ4v) is 4.32. The van der Waals surface area contributed by atoms with E-state index in [1.54, 1.807) is 0 Å². The van der Waals surface area contributed by atoms with Crippen molar-refractivity contribution >= 4 is 5.78 Å². The maximum absolute atomic E-state index is 12.5. The second kappa shape index (κ2) is 8.07. The van der Waals surface area contributed by atoms with E-state index in [9.17, 15) is 4.79 Å². The van der Waals surface area contributed by atoms with Crippen LogP contribution in [-0.4, -0.2) is 36.0 Å². The molecule has 3 nitrogen and oxygen atoms in total. The molecular formula is C20H29NO2. The topological polar surface area (TPSA) is 29.5 Å². The lowest BCUT2D eigenvalue weighted by molar-refractivity contribution is -0.128. The van der Waals surface area contributed by atoms with Crippen molar-refractivity contribution in [1.82, 2.24) is 4.90 Å². The number of rotatable bonds is 7.